The highest BCUT2D eigenvalue weighted by molar-refractivity contribution is 5.94. The number of nitrogens with one attached hydrogen (secondary N) is 2. The normalized spacial score (nSPS) is 13.5. The number of carbonyl (C=O) groups is 4. The Bertz CT molecular complexity index is 905. The van der Waals surface area contributed by atoms with Crippen molar-refractivity contribution in [2.75, 3.05) is 0 Å². The standard InChI is InChI=1S/C22H26N4O5/c23-16(11-14-7-3-1-4-8-14)20(28)25-17(13-19(24)27)21(29)26-18(22(30)31)12-15-9-5-2-6-10-15/h1-10,16-18H,11-13,23H2,(H2,24,27)(H,25,28)(H,26,29)(H,30,31). The summed E-state index contributed by atoms with van der Waals surface area (Å²) in [6.45, 7) is 0. The minimum Gasteiger partial charge on any atom is -0.480 e. The van der Waals surface area contributed by atoms with Crippen LogP contribution in [0.25, 0.3) is 0 Å². The molecule has 0 spiro atoms. The van der Waals surface area contributed by atoms with Crippen molar-refractivity contribution in [3.05, 3.63) is 71.8 Å². The average molecular weight is 426 g/mol. The molecule has 2 rings (SSSR count). The van der Waals surface area contributed by atoms with Gasteiger partial charge in [0.15, 0.2) is 0 Å². The fraction of sp³-hybridized carbons (Fsp3) is 0.273. The smallest absolute Gasteiger partial charge is 0.326 e. The second kappa shape index (κ2) is 11.5. The van der Waals surface area contributed by atoms with Gasteiger partial charge in [-0.2, -0.15) is 0 Å². The molecule has 3 amide bonds. The van der Waals surface area contributed by atoms with Crippen molar-refractivity contribution in [3.63, 3.8) is 0 Å². The Kier molecular flexibility index (Phi) is 8.71. The second-order valence-corrected chi connectivity index (χ2v) is 7.12. The van der Waals surface area contributed by atoms with Crippen LogP contribution in [0.4, 0.5) is 0 Å². The van der Waals surface area contributed by atoms with Gasteiger partial charge in [0.2, 0.25) is 17.7 Å². The van der Waals surface area contributed by atoms with E-state index in [4.69, 9.17) is 11.5 Å². The van der Waals surface area contributed by atoms with Gasteiger partial charge in [0, 0.05) is 6.42 Å². The van der Waals surface area contributed by atoms with E-state index < -0.39 is 48.2 Å². The third-order valence-corrected chi connectivity index (χ3v) is 4.57. The summed E-state index contributed by atoms with van der Waals surface area (Å²) in [5.74, 6) is -3.56. The minimum absolute atomic E-state index is 0.0344. The molecule has 3 unspecified atom stereocenters. The van der Waals surface area contributed by atoms with Crippen LogP contribution in [0.15, 0.2) is 60.7 Å². The Morgan fingerprint density at radius 3 is 1.74 bits per heavy atom. The van der Waals surface area contributed by atoms with E-state index in [0.717, 1.165) is 5.56 Å². The summed E-state index contributed by atoms with van der Waals surface area (Å²) in [7, 11) is 0. The maximum Gasteiger partial charge on any atom is 0.326 e. The molecule has 2 aromatic carbocycles. The molecule has 9 nitrogen and oxygen atoms in total. The molecule has 0 aliphatic carbocycles. The zero-order valence-electron chi connectivity index (χ0n) is 16.9. The first-order chi connectivity index (χ1) is 14.8. The van der Waals surface area contributed by atoms with Gasteiger partial charge >= 0.3 is 5.97 Å². The van der Waals surface area contributed by atoms with E-state index in [2.05, 4.69) is 10.6 Å². The first-order valence-electron chi connectivity index (χ1n) is 9.71. The molecule has 164 valence electrons. The monoisotopic (exact) mass is 426 g/mol. The first kappa shape index (κ1) is 23.6. The Morgan fingerprint density at radius 1 is 0.774 bits per heavy atom. The fourth-order valence-corrected chi connectivity index (χ4v) is 2.97. The van der Waals surface area contributed by atoms with Crippen LogP contribution < -0.4 is 22.1 Å². The molecule has 2 aromatic rings. The minimum atomic E-state index is -1.34. The van der Waals surface area contributed by atoms with Gasteiger partial charge in [0.1, 0.15) is 12.1 Å². The number of rotatable bonds is 11. The third-order valence-electron chi connectivity index (χ3n) is 4.57. The van der Waals surface area contributed by atoms with Crippen LogP contribution in [0.3, 0.4) is 0 Å². The van der Waals surface area contributed by atoms with Gasteiger partial charge in [-0.1, -0.05) is 60.7 Å². The van der Waals surface area contributed by atoms with Crippen LogP contribution in [-0.4, -0.2) is 46.9 Å². The van der Waals surface area contributed by atoms with Gasteiger partial charge in [0.25, 0.3) is 0 Å². The van der Waals surface area contributed by atoms with Crippen LogP contribution in [0.2, 0.25) is 0 Å². The molecule has 9 heteroatoms. The number of amides is 3. The summed E-state index contributed by atoms with van der Waals surface area (Å²) in [5, 5.41) is 14.2. The van der Waals surface area contributed by atoms with Gasteiger partial charge in [-0.3, -0.25) is 14.4 Å². The van der Waals surface area contributed by atoms with E-state index in [0.29, 0.717) is 5.56 Å². The average Bonchev–Trinajstić information content (AvgIpc) is 2.73. The highest BCUT2D eigenvalue weighted by Crippen LogP contribution is 2.06. The molecule has 0 heterocycles. The highest BCUT2D eigenvalue weighted by atomic mass is 16.4. The van der Waals surface area contributed by atoms with E-state index in [-0.39, 0.29) is 12.8 Å². The molecule has 3 atom stereocenters. The van der Waals surface area contributed by atoms with Crippen LogP contribution in [0, 0.1) is 0 Å². The maximum absolute atomic E-state index is 12.7. The Balaban J connectivity index is 2.05. The van der Waals surface area contributed by atoms with Crippen molar-refractivity contribution >= 4 is 23.7 Å². The van der Waals surface area contributed by atoms with Gasteiger partial charge < -0.3 is 27.2 Å². The first-order valence-corrected chi connectivity index (χ1v) is 9.71. The summed E-state index contributed by atoms with van der Waals surface area (Å²) in [6, 6.07) is 14.2. The summed E-state index contributed by atoms with van der Waals surface area (Å²) in [6.07, 6.45) is -0.233. The van der Waals surface area contributed by atoms with Crippen LogP contribution in [0.5, 0.6) is 0 Å². The van der Waals surface area contributed by atoms with Crippen molar-refractivity contribution in [3.8, 4) is 0 Å². The molecule has 0 saturated heterocycles. The van der Waals surface area contributed by atoms with E-state index in [9.17, 15) is 24.3 Å². The Labute approximate surface area is 179 Å². The van der Waals surface area contributed by atoms with E-state index in [1.54, 1.807) is 30.3 Å². The molecule has 0 bridgehead atoms. The van der Waals surface area contributed by atoms with Gasteiger partial charge in [-0.05, 0) is 17.5 Å². The lowest BCUT2D eigenvalue weighted by atomic mass is 10.0. The zero-order chi connectivity index (χ0) is 22.8. The second-order valence-electron chi connectivity index (χ2n) is 7.12. The highest BCUT2D eigenvalue weighted by Gasteiger charge is 2.29. The molecule has 7 N–H and O–H groups in total. The topological polar surface area (TPSA) is 165 Å². The van der Waals surface area contributed by atoms with E-state index in [1.807, 2.05) is 30.3 Å². The Morgan fingerprint density at radius 2 is 1.26 bits per heavy atom. The summed E-state index contributed by atoms with van der Waals surface area (Å²) < 4.78 is 0. The number of carboxylic acid groups (broad SMARTS) is 1. The summed E-state index contributed by atoms with van der Waals surface area (Å²) in [5.41, 5.74) is 12.7. The molecule has 0 saturated carbocycles. The zero-order valence-corrected chi connectivity index (χ0v) is 16.9. The maximum atomic E-state index is 12.7. The van der Waals surface area contributed by atoms with Crippen molar-refractivity contribution < 1.29 is 24.3 Å². The molecule has 0 radical (unpaired) electrons. The SMILES string of the molecule is NC(=O)CC(NC(=O)C(N)Cc1ccccc1)C(=O)NC(Cc1ccccc1)C(=O)O. The van der Waals surface area contributed by atoms with Gasteiger partial charge in [-0.15, -0.1) is 0 Å². The number of carboxylic acids is 1. The van der Waals surface area contributed by atoms with Crippen molar-refractivity contribution in [1.29, 1.82) is 0 Å². The lowest BCUT2D eigenvalue weighted by molar-refractivity contribution is -0.142. The quantitative estimate of drug-likeness (QED) is 0.332. The van der Waals surface area contributed by atoms with E-state index in [1.165, 1.54) is 0 Å². The number of carbonyl (C=O) groups excluding carboxylic acids is 3. The van der Waals surface area contributed by atoms with Gasteiger partial charge in [0.05, 0.1) is 12.5 Å². The molecule has 0 fully saturated rings. The number of hydrogen-bond donors (Lipinski definition) is 5. The van der Waals surface area contributed by atoms with Crippen LogP contribution in [0.1, 0.15) is 17.5 Å². The lowest BCUT2D eigenvalue weighted by Gasteiger charge is -2.22. The number of primary amides is 1. The molecular weight excluding hydrogens is 400 g/mol. The van der Waals surface area contributed by atoms with Crippen molar-refractivity contribution in [1.82, 2.24) is 10.6 Å². The molecule has 31 heavy (non-hydrogen) atoms. The predicted molar refractivity (Wildman–Crippen MR) is 114 cm³/mol. The molecule has 0 aromatic heterocycles. The summed E-state index contributed by atoms with van der Waals surface area (Å²) >= 11 is 0. The van der Waals surface area contributed by atoms with Crippen molar-refractivity contribution in [2.45, 2.75) is 37.4 Å². The number of hydrogen-bond acceptors (Lipinski definition) is 5. The Hall–Kier alpha value is -3.72. The predicted octanol–water partition coefficient (Wildman–Crippen LogP) is -0.271. The fourth-order valence-electron chi connectivity index (χ4n) is 2.97. The largest absolute Gasteiger partial charge is 0.480 e. The van der Waals surface area contributed by atoms with Crippen molar-refractivity contribution in [2.24, 2.45) is 11.5 Å². The molecule has 0 aliphatic rings. The van der Waals surface area contributed by atoms with Crippen LogP contribution >= 0.6 is 0 Å². The molecular formula is C22H26N4O5. The third kappa shape index (κ3) is 7.90. The molecule has 0 aliphatic heterocycles. The summed E-state index contributed by atoms with van der Waals surface area (Å²) in [4.78, 5) is 48.1. The lowest BCUT2D eigenvalue weighted by Crippen LogP contribution is -2.56. The number of benzene rings is 2. The van der Waals surface area contributed by atoms with E-state index >= 15 is 0 Å². The number of nitrogens with two attached hydrogens (primary N) is 2. The number of aliphatic carboxylic acids is 1. The van der Waals surface area contributed by atoms with Crippen LogP contribution in [-0.2, 0) is 32.0 Å². The van der Waals surface area contributed by atoms with Gasteiger partial charge in [-0.25, -0.2) is 4.79 Å².